The third-order valence-corrected chi connectivity index (χ3v) is 7.05. The zero-order chi connectivity index (χ0) is 18.4. The minimum atomic E-state index is -3.37. The van der Waals surface area contributed by atoms with E-state index >= 15 is 0 Å². The molecule has 1 saturated heterocycles. The molecule has 1 aromatic rings. The number of guanidine groups is 1. The van der Waals surface area contributed by atoms with E-state index in [-0.39, 0.29) is 5.75 Å². The van der Waals surface area contributed by atoms with Crippen LogP contribution < -0.4 is 5.32 Å². The molecule has 0 spiro atoms. The second kappa shape index (κ2) is 8.85. The molecule has 2 aliphatic rings. The first kappa shape index (κ1) is 19.2. The first-order chi connectivity index (χ1) is 12.6. The Kier molecular flexibility index (Phi) is 6.53. The van der Waals surface area contributed by atoms with Gasteiger partial charge in [0.1, 0.15) is 12.0 Å². The van der Waals surface area contributed by atoms with Crippen molar-refractivity contribution in [3.63, 3.8) is 0 Å². The molecule has 1 N–H and O–H groups in total. The number of sulfonamides is 1. The molecule has 1 aliphatic heterocycles. The number of nitrogens with zero attached hydrogens (tertiary/aromatic N) is 4. The molecular weight excluding hydrogens is 354 g/mol. The Morgan fingerprint density at radius 1 is 1.27 bits per heavy atom. The van der Waals surface area contributed by atoms with Crippen LogP contribution in [0.5, 0.6) is 0 Å². The standard InChI is InChI=1S/C17H29N5O3S/c1-18-17(19-13-15-5-3-2-4-6-15)21-8-10-22(11-9-21)26(23,24)14-16-7-12-25-20-16/h7,12,15H,2-6,8-11,13-14H2,1H3,(H,18,19). The topological polar surface area (TPSA) is 91.0 Å². The molecule has 9 heteroatoms. The fourth-order valence-electron chi connectivity index (χ4n) is 3.73. The summed E-state index contributed by atoms with van der Waals surface area (Å²) in [6.45, 7) is 3.16. The van der Waals surface area contributed by atoms with Crippen LogP contribution in [0.3, 0.4) is 0 Å². The van der Waals surface area contributed by atoms with Crippen LogP contribution in [-0.2, 0) is 15.8 Å². The molecule has 1 aromatic heterocycles. The van der Waals surface area contributed by atoms with Gasteiger partial charge in [0.25, 0.3) is 0 Å². The number of hydrogen-bond donors (Lipinski definition) is 1. The Labute approximate surface area is 155 Å². The van der Waals surface area contributed by atoms with Gasteiger partial charge in [-0.2, -0.15) is 4.31 Å². The lowest BCUT2D eigenvalue weighted by Crippen LogP contribution is -2.54. The summed E-state index contributed by atoms with van der Waals surface area (Å²) >= 11 is 0. The maximum absolute atomic E-state index is 12.5. The number of piperazine rings is 1. The van der Waals surface area contributed by atoms with Crippen molar-refractivity contribution in [1.29, 1.82) is 0 Å². The van der Waals surface area contributed by atoms with E-state index in [1.54, 1.807) is 13.1 Å². The van der Waals surface area contributed by atoms with Crippen LogP contribution in [0.2, 0.25) is 0 Å². The Balaban J connectivity index is 1.48. The second-order valence-electron chi connectivity index (χ2n) is 7.07. The van der Waals surface area contributed by atoms with Gasteiger partial charge < -0.3 is 14.7 Å². The monoisotopic (exact) mass is 383 g/mol. The van der Waals surface area contributed by atoms with Crippen molar-refractivity contribution in [2.75, 3.05) is 39.8 Å². The number of aromatic nitrogens is 1. The van der Waals surface area contributed by atoms with Crippen LogP contribution in [0.25, 0.3) is 0 Å². The van der Waals surface area contributed by atoms with Crippen LogP contribution in [-0.4, -0.2) is 68.5 Å². The van der Waals surface area contributed by atoms with Gasteiger partial charge in [-0.15, -0.1) is 0 Å². The summed E-state index contributed by atoms with van der Waals surface area (Å²) in [5.74, 6) is 1.49. The molecule has 0 aromatic carbocycles. The van der Waals surface area contributed by atoms with Crippen LogP contribution in [0.4, 0.5) is 0 Å². The van der Waals surface area contributed by atoms with Gasteiger partial charge >= 0.3 is 0 Å². The Hall–Kier alpha value is -1.61. The SMILES string of the molecule is CN=C(NCC1CCCCC1)N1CCN(S(=O)(=O)Cc2ccon2)CC1. The number of hydrogen-bond acceptors (Lipinski definition) is 5. The molecule has 8 nitrogen and oxygen atoms in total. The minimum absolute atomic E-state index is 0.113. The largest absolute Gasteiger partial charge is 0.364 e. The predicted molar refractivity (Wildman–Crippen MR) is 100 cm³/mol. The second-order valence-corrected chi connectivity index (χ2v) is 9.03. The van der Waals surface area contributed by atoms with Crippen molar-refractivity contribution in [3.8, 4) is 0 Å². The third-order valence-electron chi connectivity index (χ3n) is 5.24. The van der Waals surface area contributed by atoms with E-state index < -0.39 is 10.0 Å². The molecule has 0 atom stereocenters. The molecule has 0 unspecified atom stereocenters. The summed E-state index contributed by atoms with van der Waals surface area (Å²) in [5.41, 5.74) is 0.442. The molecule has 0 bridgehead atoms. The lowest BCUT2D eigenvalue weighted by atomic mass is 9.89. The zero-order valence-corrected chi connectivity index (χ0v) is 16.2. The fraction of sp³-hybridized carbons (Fsp3) is 0.765. The number of rotatable bonds is 5. The molecule has 0 amide bonds. The number of aliphatic imine (C=N–C) groups is 1. The molecular formula is C17H29N5O3S. The first-order valence-corrected chi connectivity index (χ1v) is 11.0. The normalized spacial score (nSPS) is 21.1. The highest BCUT2D eigenvalue weighted by Crippen LogP contribution is 2.22. The molecule has 26 heavy (non-hydrogen) atoms. The van der Waals surface area contributed by atoms with E-state index in [0.29, 0.717) is 31.9 Å². The Morgan fingerprint density at radius 3 is 2.62 bits per heavy atom. The van der Waals surface area contributed by atoms with Crippen LogP contribution in [0.15, 0.2) is 21.8 Å². The molecule has 1 aliphatic carbocycles. The molecule has 146 valence electrons. The van der Waals surface area contributed by atoms with E-state index in [4.69, 9.17) is 4.52 Å². The summed E-state index contributed by atoms with van der Waals surface area (Å²) in [4.78, 5) is 6.53. The average Bonchev–Trinajstić information content (AvgIpc) is 3.16. The highest BCUT2D eigenvalue weighted by molar-refractivity contribution is 7.88. The smallest absolute Gasteiger partial charge is 0.220 e. The Bertz CT molecular complexity index is 675. The maximum Gasteiger partial charge on any atom is 0.220 e. The summed E-state index contributed by atoms with van der Waals surface area (Å²) in [5, 5.41) is 7.19. The maximum atomic E-state index is 12.5. The van der Waals surface area contributed by atoms with E-state index in [0.717, 1.165) is 18.4 Å². The van der Waals surface area contributed by atoms with Gasteiger partial charge in [0.15, 0.2) is 5.96 Å². The molecule has 2 heterocycles. The molecule has 3 rings (SSSR count). The molecule has 2 fully saturated rings. The lowest BCUT2D eigenvalue weighted by molar-refractivity contribution is 0.257. The summed E-state index contributed by atoms with van der Waals surface area (Å²) in [6.07, 6.45) is 7.98. The van der Waals surface area contributed by atoms with Crippen LogP contribution >= 0.6 is 0 Å². The van der Waals surface area contributed by atoms with Crippen molar-refractivity contribution in [2.24, 2.45) is 10.9 Å². The van der Waals surface area contributed by atoms with Gasteiger partial charge in [-0.3, -0.25) is 4.99 Å². The lowest BCUT2D eigenvalue weighted by Gasteiger charge is -2.36. The minimum Gasteiger partial charge on any atom is -0.364 e. The summed E-state index contributed by atoms with van der Waals surface area (Å²) in [6, 6.07) is 1.59. The van der Waals surface area contributed by atoms with Crippen LogP contribution in [0, 0.1) is 5.92 Å². The highest BCUT2D eigenvalue weighted by atomic mass is 32.2. The predicted octanol–water partition coefficient (Wildman–Crippen LogP) is 1.28. The van der Waals surface area contributed by atoms with Gasteiger partial charge in [0.2, 0.25) is 10.0 Å². The Morgan fingerprint density at radius 2 is 2.00 bits per heavy atom. The third kappa shape index (κ3) is 4.97. The van der Waals surface area contributed by atoms with Crippen molar-refractivity contribution in [1.82, 2.24) is 19.7 Å². The van der Waals surface area contributed by atoms with Gasteiger partial charge in [-0.1, -0.05) is 24.4 Å². The van der Waals surface area contributed by atoms with E-state index in [1.165, 1.54) is 42.7 Å². The van der Waals surface area contributed by atoms with Gasteiger partial charge in [-0.25, -0.2) is 8.42 Å². The molecule has 1 saturated carbocycles. The van der Waals surface area contributed by atoms with E-state index in [9.17, 15) is 8.42 Å². The summed E-state index contributed by atoms with van der Waals surface area (Å²) in [7, 11) is -1.58. The molecule has 0 radical (unpaired) electrons. The highest BCUT2D eigenvalue weighted by Gasteiger charge is 2.29. The summed E-state index contributed by atoms with van der Waals surface area (Å²) < 4.78 is 31.3. The zero-order valence-electron chi connectivity index (χ0n) is 15.4. The van der Waals surface area contributed by atoms with Gasteiger partial charge in [0, 0.05) is 45.8 Å². The van der Waals surface area contributed by atoms with Crippen molar-refractivity contribution >= 4 is 16.0 Å². The quantitative estimate of drug-likeness (QED) is 0.608. The fourth-order valence-corrected chi connectivity index (χ4v) is 5.15. The van der Waals surface area contributed by atoms with Crippen molar-refractivity contribution in [3.05, 3.63) is 18.0 Å². The number of nitrogens with one attached hydrogen (secondary N) is 1. The van der Waals surface area contributed by atoms with Gasteiger partial charge in [-0.05, 0) is 18.8 Å². The average molecular weight is 384 g/mol. The van der Waals surface area contributed by atoms with Crippen molar-refractivity contribution < 1.29 is 12.9 Å². The van der Waals surface area contributed by atoms with Crippen LogP contribution in [0.1, 0.15) is 37.8 Å². The van der Waals surface area contributed by atoms with Gasteiger partial charge in [0.05, 0.1) is 5.69 Å². The first-order valence-electron chi connectivity index (χ1n) is 9.41. The van der Waals surface area contributed by atoms with Crippen molar-refractivity contribution in [2.45, 2.75) is 37.9 Å². The van der Waals surface area contributed by atoms with E-state index in [2.05, 4.69) is 20.4 Å². The van der Waals surface area contributed by atoms with E-state index in [1.807, 2.05) is 0 Å².